The SMILES string of the molecule is CC(C)CCCCCNC(=O)CCC(C)C. The second-order valence-electron chi connectivity index (χ2n) is 5.53. The number of hydrogen-bond donors (Lipinski definition) is 1. The van der Waals surface area contributed by atoms with E-state index >= 15 is 0 Å². The van der Waals surface area contributed by atoms with Gasteiger partial charge in [-0.05, 0) is 24.7 Å². The second kappa shape index (κ2) is 9.68. The lowest BCUT2D eigenvalue weighted by Crippen LogP contribution is -2.24. The van der Waals surface area contributed by atoms with Crippen LogP contribution >= 0.6 is 0 Å². The van der Waals surface area contributed by atoms with Crippen LogP contribution in [0.5, 0.6) is 0 Å². The molecule has 0 radical (unpaired) electrons. The highest BCUT2D eigenvalue weighted by Gasteiger charge is 2.02. The van der Waals surface area contributed by atoms with Gasteiger partial charge in [-0.2, -0.15) is 0 Å². The maximum atomic E-state index is 11.4. The lowest BCUT2D eigenvalue weighted by atomic mass is 10.1. The minimum Gasteiger partial charge on any atom is -0.356 e. The highest BCUT2D eigenvalue weighted by molar-refractivity contribution is 5.75. The van der Waals surface area contributed by atoms with Crippen molar-refractivity contribution in [2.45, 2.75) is 66.2 Å². The zero-order valence-electron chi connectivity index (χ0n) is 11.5. The van der Waals surface area contributed by atoms with Gasteiger partial charge in [0.25, 0.3) is 0 Å². The summed E-state index contributed by atoms with van der Waals surface area (Å²) in [6.45, 7) is 9.68. The number of hydrogen-bond acceptors (Lipinski definition) is 1. The fraction of sp³-hybridized carbons (Fsp3) is 0.929. The average Bonchev–Trinajstić information content (AvgIpc) is 2.19. The molecule has 1 N–H and O–H groups in total. The van der Waals surface area contributed by atoms with E-state index in [1.807, 2.05) is 0 Å². The molecule has 0 aliphatic rings. The van der Waals surface area contributed by atoms with Crippen molar-refractivity contribution in [1.29, 1.82) is 0 Å². The van der Waals surface area contributed by atoms with Crippen LogP contribution in [0.4, 0.5) is 0 Å². The van der Waals surface area contributed by atoms with E-state index in [-0.39, 0.29) is 5.91 Å². The van der Waals surface area contributed by atoms with Gasteiger partial charge in [0.15, 0.2) is 0 Å². The predicted molar refractivity (Wildman–Crippen MR) is 70.4 cm³/mol. The summed E-state index contributed by atoms with van der Waals surface area (Å²) < 4.78 is 0. The van der Waals surface area contributed by atoms with Crippen LogP contribution in [0.1, 0.15) is 66.2 Å². The molecule has 96 valence electrons. The zero-order chi connectivity index (χ0) is 12.4. The van der Waals surface area contributed by atoms with Crippen LogP contribution in [-0.2, 0) is 4.79 Å². The van der Waals surface area contributed by atoms with Crippen LogP contribution < -0.4 is 5.32 Å². The monoisotopic (exact) mass is 227 g/mol. The highest BCUT2D eigenvalue weighted by Crippen LogP contribution is 2.07. The molecule has 0 saturated carbocycles. The third-order valence-electron chi connectivity index (χ3n) is 2.73. The maximum absolute atomic E-state index is 11.4. The summed E-state index contributed by atoms with van der Waals surface area (Å²) in [6, 6.07) is 0. The number of carbonyl (C=O) groups excluding carboxylic acids is 1. The molecular weight excluding hydrogens is 198 g/mol. The Kier molecular flexibility index (Phi) is 9.36. The van der Waals surface area contributed by atoms with E-state index in [1.54, 1.807) is 0 Å². The molecule has 0 spiro atoms. The Balaban J connectivity index is 3.21. The smallest absolute Gasteiger partial charge is 0.220 e. The Morgan fingerprint density at radius 2 is 1.56 bits per heavy atom. The van der Waals surface area contributed by atoms with Crippen LogP contribution in [0.15, 0.2) is 0 Å². The van der Waals surface area contributed by atoms with Gasteiger partial charge < -0.3 is 5.32 Å². The Hall–Kier alpha value is -0.530. The summed E-state index contributed by atoms with van der Waals surface area (Å²) >= 11 is 0. The summed E-state index contributed by atoms with van der Waals surface area (Å²) in [7, 11) is 0. The lowest BCUT2D eigenvalue weighted by Gasteiger charge is -2.07. The van der Waals surface area contributed by atoms with Crippen molar-refractivity contribution in [2.24, 2.45) is 11.8 Å². The third kappa shape index (κ3) is 11.5. The number of carbonyl (C=O) groups is 1. The van der Waals surface area contributed by atoms with Crippen LogP contribution in [0.2, 0.25) is 0 Å². The average molecular weight is 227 g/mol. The first-order chi connectivity index (χ1) is 7.52. The van der Waals surface area contributed by atoms with Crippen molar-refractivity contribution in [1.82, 2.24) is 5.32 Å². The van der Waals surface area contributed by atoms with Gasteiger partial charge in [-0.3, -0.25) is 4.79 Å². The Morgan fingerprint density at radius 1 is 0.938 bits per heavy atom. The van der Waals surface area contributed by atoms with Gasteiger partial charge in [-0.1, -0.05) is 47.0 Å². The number of nitrogens with one attached hydrogen (secondary N) is 1. The Bertz CT molecular complexity index is 176. The number of rotatable bonds is 9. The molecule has 0 aromatic carbocycles. The second-order valence-corrected chi connectivity index (χ2v) is 5.53. The van der Waals surface area contributed by atoms with Crippen LogP contribution in [0.3, 0.4) is 0 Å². The van der Waals surface area contributed by atoms with Gasteiger partial charge in [0.05, 0.1) is 0 Å². The number of amides is 1. The fourth-order valence-electron chi connectivity index (χ4n) is 1.59. The molecule has 0 aliphatic heterocycles. The summed E-state index contributed by atoms with van der Waals surface area (Å²) in [6.07, 6.45) is 6.65. The normalized spacial score (nSPS) is 11.1. The zero-order valence-corrected chi connectivity index (χ0v) is 11.5. The molecule has 2 nitrogen and oxygen atoms in total. The first-order valence-electron chi connectivity index (χ1n) is 6.79. The molecule has 2 heteroatoms. The Morgan fingerprint density at radius 3 is 2.12 bits per heavy atom. The van der Waals surface area contributed by atoms with Gasteiger partial charge in [0.1, 0.15) is 0 Å². The van der Waals surface area contributed by atoms with E-state index in [2.05, 4.69) is 33.0 Å². The van der Waals surface area contributed by atoms with E-state index in [0.717, 1.165) is 25.3 Å². The lowest BCUT2D eigenvalue weighted by molar-refractivity contribution is -0.121. The minimum absolute atomic E-state index is 0.220. The molecule has 0 aromatic rings. The van der Waals surface area contributed by atoms with Crippen molar-refractivity contribution in [3.63, 3.8) is 0 Å². The quantitative estimate of drug-likeness (QED) is 0.597. The van der Waals surface area contributed by atoms with E-state index < -0.39 is 0 Å². The molecule has 0 heterocycles. The standard InChI is InChI=1S/C14H29NO/c1-12(2)8-6-5-7-11-15-14(16)10-9-13(3)4/h12-13H,5-11H2,1-4H3,(H,15,16). The molecule has 1 amide bonds. The van der Waals surface area contributed by atoms with Crippen LogP contribution in [0.25, 0.3) is 0 Å². The van der Waals surface area contributed by atoms with Gasteiger partial charge in [-0.15, -0.1) is 0 Å². The minimum atomic E-state index is 0.220. The molecule has 0 aliphatic carbocycles. The summed E-state index contributed by atoms with van der Waals surface area (Å²) in [5, 5.41) is 2.99. The van der Waals surface area contributed by atoms with Crippen LogP contribution in [0, 0.1) is 11.8 Å². The van der Waals surface area contributed by atoms with Crippen molar-refractivity contribution < 1.29 is 4.79 Å². The largest absolute Gasteiger partial charge is 0.356 e. The van der Waals surface area contributed by atoms with Crippen molar-refractivity contribution in [3.8, 4) is 0 Å². The molecule has 16 heavy (non-hydrogen) atoms. The molecule has 0 rings (SSSR count). The van der Waals surface area contributed by atoms with Gasteiger partial charge in [0.2, 0.25) is 5.91 Å². The molecule has 0 aromatic heterocycles. The number of unbranched alkanes of at least 4 members (excludes halogenated alkanes) is 2. The maximum Gasteiger partial charge on any atom is 0.220 e. The van der Waals surface area contributed by atoms with E-state index in [4.69, 9.17) is 0 Å². The van der Waals surface area contributed by atoms with Crippen LogP contribution in [-0.4, -0.2) is 12.5 Å². The fourth-order valence-corrected chi connectivity index (χ4v) is 1.59. The molecule has 0 fully saturated rings. The van der Waals surface area contributed by atoms with Crippen molar-refractivity contribution in [2.75, 3.05) is 6.54 Å². The third-order valence-corrected chi connectivity index (χ3v) is 2.73. The molecule has 0 atom stereocenters. The predicted octanol–water partition coefficient (Wildman–Crippen LogP) is 3.76. The molecule has 0 unspecified atom stereocenters. The summed E-state index contributed by atoms with van der Waals surface area (Å²) in [4.78, 5) is 11.4. The van der Waals surface area contributed by atoms with Crippen molar-refractivity contribution >= 4 is 5.91 Å². The molecular formula is C14H29NO. The first kappa shape index (κ1) is 15.5. The van der Waals surface area contributed by atoms with Gasteiger partial charge in [-0.25, -0.2) is 0 Å². The topological polar surface area (TPSA) is 29.1 Å². The van der Waals surface area contributed by atoms with Gasteiger partial charge in [0, 0.05) is 13.0 Å². The summed E-state index contributed by atoms with van der Waals surface area (Å²) in [5.41, 5.74) is 0. The molecule has 0 saturated heterocycles. The highest BCUT2D eigenvalue weighted by atomic mass is 16.1. The molecule has 0 bridgehead atoms. The Labute approximate surface area is 101 Å². The summed E-state index contributed by atoms with van der Waals surface area (Å²) in [5.74, 6) is 1.65. The van der Waals surface area contributed by atoms with E-state index in [9.17, 15) is 4.79 Å². The van der Waals surface area contributed by atoms with E-state index in [1.165, 1.54) is 19.3 Å². The van der Waals surface area contributed by atoms with E-state index in [0.29, 0.717) is 12.3 Å². The van der Waals surface area contributed by atoms with Gasteiger partial charge >= 0.3 is 0 Å². The first-order valence-corrected chi connectivity index (χ1v) is 6.79. The van der Waals surface area contributed by atoms with Crippen molar-refractivity contribution in [3.05, 3.63) is 0 Å².